The van der Waals surface area contributed by atoms with Gasteiger partial charge in [0.15, 0.2) is 6.10 Å². The van der Waals surface area contributed by atoms with Gasteiger partial charge in [0.25, 0.3) is 0 Å². The zero-order valence-electron chi connectivity index (χ0n) is 48.3. The standard InChI is InChI=1S/C64H112NO8P/c1-6-8-10-12-14-16-18-20-22-24-25-26-27-28-29-30-31-32-33-34-35-36-37-38-39-41-43-45-47-49-51-53-55-57-64(67)73-62(61-72-74(68,69)71-59-58-65(3,4)5)60-70-63(66)56-54-52-50-48-46-44-42-40-23-21-19-17-15-13-11-9-7-2/h8,10,14,16,20,22,25-26,28-29,31-32,34-35,37-38,62H,6-7,9,11-13,15,17-19,21,23-24,27,30,33,36,39-61H2,1-5H3/p+1/b10-8-,16-14-,22-20-,26-25-,29-28-,32-31-,35-34-,38-37-. The van der Waals surface area contributed by atoms with E-state index < -0.39 is 26.5 Å². The molecule has 74 heavy (non-hydrogen) atoms. The molecule has 0 saturated heterocycles. The predicted octanol–water partition coefficient (Wildman–Crippen LogP) is 18.8. The van der Waals surface area contributed by atoms with E-state index in [2.05, 4.69) is 111 Å². The van der Waals surface area contributed by atoms with E-state index in [1.165, 1.54) is 116 Å². The number of allylic oxidation sites excluding steroid dienone is 16. The first-order valence-corrected chi connectivity index (χ1v) is 31.5. The van der Waals surface area contributed by atoms with E-state index in [1.54, 1.807) is 0 Å². The third kappa shape index (κ3) is 58.2. The second-order valence-electron chi connectivity index (χ2n) is 21.0. The lowest BCUT2D eigenvalue weighted by molar-refractivity contribution is -0.870. The number of unbranched alkanes of at least 4 members (excludes halogenated alkanes) is 24. The minimum absolute atomic E-state index is 0.0269. The van der Waals surface area contributed by atoms with Crippen molar-refractivity contribution in [2.24, 2.45) is 0 Å². The third-order valence-electron chi connectivity index (χ3n) is 12.6. The SMILES string of the molecule is CC/C=C\C/C=C\C/C=C\C/C=C\C/C=C\C/C=C\C/C=C\C/C=C\CCCCCCCCCCC(=O)OC(COC(=O)CCCCCCCCCCCCCCCCCCC)COP(=O)(O)OCC[N+](C)(C)C. The zero-order valence-corrected chi connectivity index (χ0v) is 49.2. The molecule has 2 atom stereocenters. The summed E-state index contributed by atoms with van der Waals surface area (Å²) in [5.74, 6) is -0.804. The van der Waals surface area contributed by atoms with E-state index in [0.29, 0.717) is 17.4 Å². The molecule has 0 aliphatic heterocycles. The van der Waals surface area contributed by atoms with Crippen molar-refractivity contribution in [3.8, 4) is 0 Å². The predicted molar refractivity (Wildman–Crippen MR) is 316 cm³/mol. The molecule has 0 radical (unpaired) electrons. The maximum absolute atomic E-state index is 12.8. The van der Waals surface area contributed by atoms with E-state index >= 15 is 0 Å². The second-order valence-corrected chi connectivity index (χ2v) is 22.5. The molecule has 0 saturated carbocycles. The molecule has 0 aromatic rings. The van der Waals surface area contributed by atoms with Crippen molar-refractivity contribution in [2.45, 2.75) is 251 Å². The van der Waals surface area contributed by atoms with Crippen LogP contribution in [-0.4, -0.2) is 74.9 Å². The number of hydrogen-bond donors (Lipinski definition) is 1. The highest BCUT2D eigenvalue weighted by Crippen LogP contribution is 2.43. The summed E-state index contributed by atoms with van der Waals surface area (Å²) >= 11 is 0. The lowest BCUT2D eigenvalue weighted by Crippen LogP contribution is -2.37. The summed E-state index contributed by atoms with van der Waals surface area (Å²) in [4.78, 5) is 35.7. The minimum Gasteiger partial charge on any atom is -0.462 e. The topological polar surface area (TPSA) is 108 Å². The molecular weight excluding hydrogens is 942 g/mol. The Morgan fingerprint density at radius 1 is 0.432 bits per heavy atom. The van der Waals surface area contributed by atoms with Crippen molar-refractivity contribution in [3.63, 3.8) is 0 Å². The third-order valence-corrected chi connectivity index (χ3v) is 13.6. The number of esters is 2. The summed E-state index contributed by atoms with van der Waals surface area (Å²) in [5, 5.41) is 0. The largest absolute Gasteiger partial charge is 0.472 e. The molecule has 0 amide bonds. The Hall–Kier alpha value is -3.07. The Morgan fingerprint density at radius 3 is 1.15 bits per heavy atom. The number of quaternary nitrogens is 1. The number of ether oxygens (including phenoxy) is 2. The van der Waals surface area contributed by atoms with E-state index in [4.69, 9.17) is 18.5 Å². The summed E-state index contributed by atoms with van der Waals surface area (Å²) < 4.78 is 34.6. The first kappa shape index (κ1) is 70.9. The van der Waals surface area contributed by atoms with Crippen LogP contribution in [0.4, 0.5) is 0 Å². The fourth-order valence-electron chi connectivity index (χ4n) is 8.03. The Labute approximate surface area is 455 Å². The van der Waals surface area contributed by atoms with Crippen molar-refractivity contribution in [1.29, 1.82) is 0 Å². The molecular formula is C64H113NO8P+. The zero-order chi connectivity index (χ0) is 54.2. The number of likely N-dealkylation sites (N-methyl/N-ethyl adjacent to an activating group) is 1. The van der Waals surface area contributed by atoms with Crippen LogP contribution in [0.3, 0.4) is 0 Å². The fraction of sp³-hybridized carbons (Fsp3) is 0.719. The van der Waals surface area contributed by atoms with Crippen LogP contribution in [-0.2, 0) is 32.7 Å². The van der Waals surface area contributed by atoms with Gasteiger partial charge in [0.2, 0.25) is 0 Å². The van der Waals surface area contributed by atoms with Gasteiger partial charge in [-0.2, -0.15) is 0 Å². The lowest BCUT2D eigenvalue weighted by atomic mass is 10.0. The molecule has 0 aromatic carbocycles. The number of nitrogens with zero attached hydrogens (tertiary/aromatic N) is 1. The molecule has 0 aliphatic carbocycles. The molecule has 9 nitrogen and oxygen atoms in total. The van der Waals surface area contributed by atoms with Crippen molar-refractivity contribution in [2.75, 3.05) is 47.5 Å². The molecule has 0 fully saturated rings. The Kier molecular flexibility index (Phi) is 52.4. The van der Waals surface area contributed by atoms with Gasteiger partial charge in [-0.05, 0) is 77.0 Å². The molecule has 10 heteroatoms. The van der Waals surface area contributed by atoms with Crippen LogP contribution >= 0.6 is 7.82 Å². The lowest BCUT2D eigenvalue weighted by Gasteiger charge is -2.24. The molecule has 0 heterocycles. The van der Waals surface area contributed by atoms with Gasteiger partial charge in [-0.15, -0.1) is 0 Å². The summed E-state index contributed by atoms with van der Waals surface area (Å²) in [5.41, 5.74) is 0. The first-order valence-electron chi connectivity index (χ1n) is 30.0. The quantitative estimate of drug-likeness (QED) is 0.0211. The molecule has 426 valence electrons. The van der Waals surface area contributed by atoms with Crippen molar-refractivity contribution < 1.29 is 42.1 Å². The summed E-state index contributed by atoms with van der Waals surface area (Å²) in [7, 11) is 1.47. The smallest absolute Gasteiger partial charge is 0.462 e. The van der Waals surface area contributed by atoms with E-state index in [0.717, 1.165) is 96.3 Å². The van der Waals surface area contributed by atoms with Crippen LogP contribution in [0.15, 0.2) is 97.2 Å². The van der Waals surface area contributed by atoms with Crippen LogP contribution in [0, 0.1) is 0 Å². The van der Waals surface area contributed by atoms with Crippen LogP contribution in [0.2, 0.25) is 0 Å². The molecule has 1 N–H and O–H groups in total. The summed E-state index contributed by atoms with van der Waals surface area (Å²) in [6, 6.07) is 0. The van der Waals surface area contributed by atoms with Crippen LogP contribution in [0.1, 0.15) is 245 Å². The fourth-order valence-corrected chi connectivity index (χ4v) is 8.77. The normalized spacial score (nSPS) is 14.0. The second kappa shape index (κ2) is 54.7. The Morgan fingerprint density at radius 2 is 0.770 bits per heavy atom. The highest BCUT2D eigenvalue weighted by molar-refractivity contribution is 7.47. The first-order chi connectivity index (χ1) is 36.0. The van der Waals surface area contributed by atoms with Gasteiger partial charge in [-0.3, -0.25) is 18.6 Å². The monoisotopic (exact) mass is 1050 g/mol. The highest BCUT2D eigenvalue weighted by atomic mass is 31.2. The van der Waals surface area contributed by atoms with Gasteiger partial charge in [0.1, 0.15) is 19.8 Å². The molecule has 2 unspecified atom stereocenters. The van der Waals surface area contributed by atoms with Gasteiger partial charge < -0.3 is 18.9 Å². The number of phosphoric ester groups is 1. The maximum Gasteiger partial charge on any atom is 0.472 e. The molecule has 0 rings (SSSR count). The van der Waals surface area contributed by atoms with Crippen molar-refractivity contribution in [3.05, 3.63) is 97.2 Å². The van der Waals surface area contributed by atoms with E-state index in [9.17, 15) is 19.0 Å². The molecule has 0 aromatic heterocycles. The molecule has 0 bridgehead atoms. The van der Waals surface area contributed by atoms with Gasteiger partial charge in [-0.25, -0.2) is 4.57 Å². The van der Waals surface area contributed by atoms with Crippen LogP contribution in [0.5, 0.6) is 0 Å². The number of carbonyl (C=O) groups excluding carboxylic acids is 2. The van der Waals surface area contributed by atoms with E-state index in [1.807, 2.05) is 21.1 Å². The van der Waals surface area contributed by atoms with Crippen molar-refractivity contribution >= 4 is 19.8 Å². The molecule has 0 spiro atoms. The summed E-state index contributed by atoms with van der Waals surface area (Å²) in [6.07, 6.45) is 74.7. The number of rotatable bonds is 54. The highest BCUT2D eigenvalue weighted by Gasteiger charge is 2.27. The van der Waals surface area contributed by atoms with Gasteiger partial charge in [-0.1, -0.05) is 252 Å². The number of phosphoric acid groups is 1. The van der Waals surface area contributed by atoms with E-state index in [-0.39, 0.29) is 32.0 Å². The van der Waals surface area contributed by atoms with Crippen molar-refractivity contribution in [1.82, 2.24) is 0 Å². The molecule has 0 aliphatic rings. The minimum atomic E-state index is -4.39. The average molecular weight is 1060 g/mol. The summed E-state index contributed by atoms with van der Waals surface area (Å²) in [6.45, 7) is 4.32. The van der Waals surface area contributed by atoms with Crippen LogP contribution < -0.4 is 0 Å². The number of carbonyl (C=O) groups is 2. The maximum atomic E-state index is 12.8. The van der Waals surface area contributed by atoms with Crippen LogP contribution in [0.25, 0.3) is 0 Å². The van der Waals surface area contributed by atoms with Gasteiger partial charge in [0.05, 0.1) is 27.7 Å². The Bertz CT molecular complexity index is 1570. The Balaban J connectivity index is 4.17. The van der Waals surface area contributed by atoms with Gasteiger partial charge >= 0.3 is 19.8 Å². The van der Waals surface area contributed by atoms with Gasteiger partial charge in [0, 0.05) is 12.8 Å². The average Bonchev–Trinajstić information content (AvgIpc) is 3.36. The number of hydrogen-bond acceptors (Lipinski definition) is 7.